The second-order valence-electron chi connectivity index (χ2n) is 4.26. The molecule has 1 amide bonds. The van der Waals surface area contributed by atoms with Crippen LogP contribution in [0, 0.1) is 12.7 Å². The SMILES string of the molecule is Cc1csc(CN2C(=O)C(=O)c3cc(F)ccc32)n1. The van der Waals surface area contributed by atoms with Crippen molar-refractivity contribution in [3.63, 3.8) is 0 Å². The highest BCUT2D eigenvalue weighted by molar-refractivity contribution is 7.09. The van der Waals surface area contributed by atoms with Crippen LogP contribution in [0.5, 0.6) is 0 Å². The van der Waals surface area contributed by atoms with Crippen LogP contribution in [-0.2, 0) is 11.3 Å². The van der Waals surface area contributed by atoms with E-state index in [1.54, 1.807) is 0 Å². The summed E-state index contributed by atoms with van der Waals surface area (Å²) in [7, 11) is 0. The van der Waals surface area contributed by atoms with Gasteiger partial charge in [0, 0.05) is 11.1 Å². The van der Waals surface area contributed by atoms with E-state index in [2.05, 4.69) is 4.98 Å². The lowest BCUT2D eigenvalue weighted by Crippen LogP contribution is -2.29. The van der Waals surface area contributed by atoms with E-state index in [4.69, 9.17) is 0 Å². The molecular formula is C13H9FN2O2S. The van der Waals surface area contributed by atoms with Crippen LogP contribution < -0.4 is 4.90 Å². The van der Waals surface area contributed by atoms with Crippen LogP contribution in [0.3, 0.4) is 0 Å². The summed E-state index contributed by atoms with van der Waals surface area (Å²) in [6, 6.07) is 3.79. The number of fused-ring (bicyclic) bond motifs is 1. The number of Topliss-reactive ketones (excluding diaryl/α,β-unsaturated/α-hetero) is 1. The highest BCUT2D eigenvalue weighted by atomic mass is 32.1. The summed E-state index contributed by atoms with van der Waals surface area (Å²) in [5.74, 6) is -1.82. The van der Waals surface area contributed by atoms with Crippen molar-refractivity contribution < 1.29 is 14.0 Å². The Labute approximate surface area is 112 Å². The van der Waals surface area contributed by atoms with Crippen LogP contribution >= 0.6 is 11.3 Å². The first-order chi connectivity index (χ1) is 9.06. The number of nitrogens with zero attached hydrogens (tertiary/aromatic N) is 2. The Kier molecular flexibility index (Phi) is 2.67. The van der Waals surface area contributed by atoms with E-state index in [0.29, 0.717) is 5.69 Å². The maximum absolute atomic E-state index is 13.1. The molecule has 0 radical (unpaired) electrons. The van der Waals surface area contributed by atoms with Gasteiger partial charge in [-0.2, -0.15) is 0 Å². The highest BCUT2D eigenvalue weighted by Gasteiger charge is 2.36. The average molecular weight is 276 g/mol. The number of halogens is 1. The van der Waals surface area contributed by atoms with Crippen LogP contribution in [0.25, 0.3) is 0 Å². The summed E-state index contributed by atoms with van der Waals surface area (Å²) in [6.07, 6.45) is 0. The second kappa shape index (κ2) is 4.24. The monoisotopic (exact) mass is 276 g/mol. The molecule has 1 aliphatic rings. The molecule has 0 spiro atoms. The fourth-order valence-corrected chi connectivity index (χ4v) is 2.80. The number of carbonyl (C=O) groups excluding carboxylic acids is 2. The predicted octanol–water partition coefficient (Wildman–Crippen LogP) is 2.32. The smallest absolute Gasteiger partial charge is 0.298 e. The largest absolute Gasteiger partial charge is 0.299 e. The summed E-state index contributed by atoms with van der Waals surface area (Å²) in [4.78, 5) is 29.3. The molecule has 1 aromatic carbocycles. The van der Waals surface area contributed by atoms with Gasteiger partial charge in [-0.05, 0) is 25.1 Å². The van der Waals surface area contributed by atoms with Crippen LogP contribution in [0.2, 0.25) is 0 Å². The van der Waals surface area contributed by atoms with Gasteiger partial charge in [-0.25, -0.2) is 9.37 Å². The number of anilines is 1. The number of carbonyl (C=O) groups is 2. The zero-order chi connectivity index (χ0) is 13.6. The zero-order valence-electron chi connectivity index (χ0n) is 10.0. The minimum Gasteiger partial charge on any atom is -0.298 e. The van der Waals surface area contributed by atoms with E-state index in [-0.39, 0.29) is 12.1 Å². The number of hydrogen-bond donors (Lipinski definition) is 0. The summed E-state index contributed by atoms with van der Waals surface area (Å²) in [5, 5.41) is 2.62. The Hall–Kier alpha value is -2.08. The van der Waals surface area contributed by atoms with Crippen molar-refractivity contribution in [2.45, 2.75) is 13.5 Å². The molecule has 1 aromatic heterocycles. The number of thiazole rings is 1. The minimum atomic E-state index is -0.664. The molecule has 0 aliphatic carbocycles. The van der Waals surface area contributed by atoms with Crippen LogP contribution in [0.1, 0.15) is 21.1 Å². The standard InChI is InChI=1S/C13H9FN2O2S/c1-7-6-19-11(15-7)5-16-10-3-2-8(14)4-9(10)12(17)13(16)18/h2-4,6H,5H2,1H3. The van der Waals surface area contributed by atoms with Crippen LogP contribution in [0.15, 0.2) is 23.6 Å². The van der Waals surface area contributed by atoms with Gasteiger partial charge in [0.2, 0.25) is 0 Å². The summed E-state index contributed by atoms with van der Waals surface area (Å²) < 4.78 is 13.1. The number of benzene rings is 1. The van der Waals surface area contributed by atoms with Crippen molar-refractivity contribution in [2.24, 2.45) is 0 Å². The van der Waals surface area contributed by atoms with Crippen LogP contribution in [-0.4, -0.2) is 16.7 Å². The molecule has 0 bridgehead atoms. The molecule has 0 atom stereocenters. The lowest BCUT2D eigenvalue weighted by Gasteiger charge is -2.14. The van der Waals surface area contributed by atoms with Crippen molar-refractivity contribution in [1.29, 1.82) is 0 Å². The lowest BCUT2D eigenvalue weighted by atomic mass is 10.1. The minimum absolute atomic E-state index is 0.123. The molecule has 0 fully saturated rings. The number of amides is 1. The quantitative estimate of drug-likeness (QED) is 0.791. The average Bonchev–Trinajstić information content (AvgIpc) is 2.88. The van der Waals surface area contributed by atoms with Crippen molar-refractivity contribution in [1.82, 2.24) is 4.98 Å². The summed E-state index contributed by atoms with van der Waals surface area (Å²) in [5.41, 5.74) is 1.44. The first-order valence-corrected chi connectivity index (χ1v) is 6.51. The maximum atomic E-state index is 13.1. The lowest BCUT2D eigenvalue weighted by molar-refractivity contribution is -0.114. The predicted molar refractivity (Wildman–Crippen MR) is 68.8 cm³/mol. The molecule has 1 aliphatic heterocycles. The van der Waals surface area contributed by atoms with E-state index in [1.165, 1.54) is 28.4 Å². The Morgan fingerprint density at radius 3 is 2.84 bits per heavy atom. The molecule has 2 aromatic rings. The fraction of sp³-hybridized carbons (Fsp3) is 0.154. The molecule has 2 heterocycles. The zero-order valence-corrected chi connectivity index (χ0v) is 10.8. The third kappa shape index (κ3) is 1.94. The van der Waals surface area contributed by atoms with E-state index in [1.807, 2.05) is 12.3 Å². The number of aromatic nitrogens is 1. The van der Waals surface area contributed by atoms with Gasteiger partial charge in [-0.3, -0.25) is 14.5 Å². The van der Waals surface area contributed by atoms with Gasteiger partial charge in [0.15, 0.2) is 0 Å². The molecule has 96 valence electrons. The number of aryl methyl sites for hydroxylation is 1. The third-order valence-corrected chi connectivity index (χ3v) is 3.84. The van der Waals surface area contributed by atoms with Gasteiger partial charge in [-0.1, -0.05) is 0 Å². The molecule has 0 saturated heterocycles. The third-order valence-electron chi connectivity index (χ3n) is 2.89. The molecule has 0 saturated carbocycles. The first-order valence-electron chi connectivity index (χ1n) is 5.63. The van der Waals surface area contributed by atoms with Gasteiger partial charge in [0.05, 0.1) is 17.8 Å². The molecular weight excluding hydrogens is 267 g/mol. The molecule has 19 heavy (non-hydrogen) atoms. The van der Waals surface area contributed by atoms with Gasteiger partial charge >= 0.3 is 0 Å². The van der Waals surface area contributed by atoms with Crippen molar-refractivity contribution in [2.75, 3.05) is 4.90 Å². The Bertz CT molecular complexity index is 696. The molecule has 3 rings (SSSR count). The van der Waals surface area contributed by atoms with Crippen molar-refractivity contribution >= 4 is 28.7 Å². The fourth-order valence-electron chi connectivity index (χ4n) is 2.04. The van der Waals surface area contributed by atoms with E-state index < -0.39 is 17.5 Å². The normalized spacial score (nSPS) is 14.1. The molecule has 0 N–H and O–H groups in total. The second-order valence-corrected chi connectivity index (χ2v) is 5.21. The van der Waals surface area contributed by atoms with Gasteiger partial charge < -0.3 is 0 Å². The number of hydrogen-bond acceptors (Lipinski definition) is 4. The van der Waals surface area contributed by atoms with E-state index in [9.17, 15) is 14.0 Å². The van der Waals surface area contributed by atoms with E-state index >= 15 is 0 Å². The molecule has 4 nitrogen and oxygen atoms in total. The maximum Gasteiger partial charge on any atom is 0.299 e. The van der Waals surface area contributed by atoms with Crippen LogP contribution in [0.4, 0.5) is 10.1 Å². The first kappa shape index (κ1) is 12.0. The Balaban J connectivity index is 1.99. The van der Waals surface area contributed by atoms with Crippen molar-refractivity contribution in [3.05, 3.63) is 45.7 Å². The van der Waals surface area contributed by atoms with Crippen molar-refractivity contribution in [3.8, 4) is 0 Å². The van der Waals surface area contributed by atoms with E-state index in [0.717, 1.165) is 16.8 Å². The van der Waals surface area contributed by atoms with Gasteiger partial charge in [-0.15, -0.1) is 11.3 Å². The summed E-state index contributed by atoms with van der Waals surface area (Å²) in [6.45, 7) is 2.10. The van der Waals surface area contributed by atoms with Gasteiger partial charge in [0.1, 0.15) is 10.8 Å². The summed E-state index contributed by atoms with van der Waals surface area (Å²) >= 11 is 1.43. The Morgan fingerprint density at radius 1 is 1.37 bits per heavy atom. The topological polar surface area (TPSA) is 50.3 Å². The highest BCUT2D eigenvalue weighted by Crippen LogP contribution is 2.31. The molecule has 0 unspecified atom stereocenters. The van der Waals surface area contributed by atoms with Gasteiger partial charge in [0.25, 0.3) is 11.7 Å². The Morgan fingerprint density at radius 2 is 2.16 bits per heavy atom. The molecule has 6 heteroatoms. The number of ketones is 1. The number of rotatable bonds is 2.